The predicted octanol–water partition coefficient (Wildman–Crippen LogP) is 2.41. The van der Waals surface area contributed by atoms with Crippen LogP contribution in [0.2, 0.25) is 0 Å². The highest BCUT2D eigenvalue weighted by molar-refractivity contribution is 6.18. The molecule has 18 heavy (non-hydrogen) atoms. The maximum absolute atomic E-state index is 12.2. The van der Waals surface area contributed by atoms with Gasteiger partial charge < -0.3 is 10.0 Å². The zero-order valence-corrected chi connectivity index (χ0v) is 11.2. The SMILES string of the molecule is CC1CCN(C(=O)Cc2ccccc2O)C1CCl. The number of likely N-dealkylation sites (tertiary alicyclic amines) is 1. The van der Waals surface area contributed by atoms with E-state index in [0.29, 0.717) is 17.4 Å². The first-order chi connectivity index (χ1) is 8.63. The van der Waals surface area contributed by atoms with E-state index in [-0.39, 0.29) is 24.1 Å². The molecule has 0 aromatic heterocycles. The highest BCUT2D eigenvalue weighted by Gasteiger charge is 2.33. The van der Waals surface area contributed by atoms with E-state index in [2.05, 4.69) is 6.92 Å². The van der Waals surface area contributed by atoms with E-state index in [1.165, 1.54) is 0 Å². The lowest BCUT2D eigenvalue weighted by Gasteiger charge is -2.25. The Labute approximate surface area is 112 Å². The molecule has 2 atom stereocenters. The topological polar surface area (TPSA) is 40.5 Å². The number of aromatic hydroxyl groups is 1. The number of hydrogen-bond acceptors (Lipinski definition) is 2. The minimum absolute atomic E-state index is 0.0477. The average Bonchev–Trinajstić information content (AvgIpc) is 2.73. The van der Waals surface area contributed by atoms with Crippen LogP contribution in [0.3, 0.4) is 0 Å². The number of rotatable bonds is 3. The Balaban J connectivity index is 2.07. The van der Waals surface area contributed by atoms with Crippen molar-refractivity contribution in [2.45, 2.75) is 25.8 Å². The first kappa shape index (κ1) is 13.2. The lowest BCUT2D eigenvalue weighted by atomic mass is 10.0. The van der Waals surface area contributed by atoms with E-state index < -0.39 is 0 Å². The third-order valence-electron chi connectivity index (χ3n) is 3.69. The molecule has 3 nitrogen and oxygen atoms in total. The van der Waals surface area contributed by atoms with Gasteiger partial charge in [0.2, 0.25) is 5.91 Å². The van der Waals surface area contributed by atoms with Gasteiger partial charge in [0.1, 0.15) is 5.75 Å². The second kappa shape index (κ2) is 5.61. The number of carbonyl (C=O) groups is 1. The number of benzene rings is 1. The van der Waals surface area contributed by atoms with Crippen LogP contribution in [0.1, 0.15) is 18.9 Å². The van der Waals surface area contributed by atoms with Crippen LogP contribution >= 0.6 is 11.6 Å². The predicted molar refractivity (Wildman–Crippen MR) is 71.8 cm³/mol. The largest absolute Gasteiger partial charge is 0.508 e. The van der Waals surface area contributed by atoms with Gasteiger partial charge in [-0.3, -0.25) is 4.79 Å². The summed E-state index contributed by atoms with van der Waals surface area (Å²) in [6.07, 6.45) is 1.25. The highest BCUT2D eigenvalue weighted by Crippen LogP contribution is 2.26. The normalized spacial score (nSPS) is 23.3. The molecule has 0 radical (unpaired) electrons. The summed E-state index contributed by atoms with van der Waals surface area (Å²) in [4.78, 5) is 14.1. The molecular weight excluding hydrogens is 250 g/mol. The second-order valence-electron chi connectivity index (χ2n) is 4.88. The fourth-order valence-electron chi connectivity index (χ4n) is 2.48. The van der Waals surface area contributed by atoms with Gasteiger partial charge in [0.15, 0.2) is 0 Å². The molecule has 1 aliphatic rings. The van der Waals surface area contributed by atoms with Gasteiger partial charge in [-0.05, 0) is 18.4 Å². The Hall–Kier alpha value is -1.22. The summed E-state index contributed by atoms with van der Waals surface area (Å²) in [6.45, 7) is 2.89. The van der Waals surface area contributed by atoms with Crippen molar-refractivity contribution in [3.63, 3.8) is 0 Å². The third-order valence-corrected chi connectivity index (χ3v) is 4.01. The fraction of sp³-hybridized carbons (Fsp3) is 0.500. The summed E-state index contributed by atoms with van der Waals surface area (Å²) in [5.74, 6) is 1.16. The number of phenolic OH excluding ortho intramolecular Hbond substituents is 1. The Bertz CT molecular complexity index is 436. The van der Waals surface area contributed by atoms with E-state index in [0.717, 1.165) is 13.0 Å². The van der Waals surface area contributed by atoms with E-state index in [4.69, 9.17) is 11.6 Å². The molecular formula is C14H18ClNO2. The zero-order chi connectivity index (χ0) is 13.1. The standard InChI is InChI=1S/C14H18ClNO2/c1-10-6-7-16(12(10)9-15)14(18)8-11-4-2-3-5-13(11)17/h2-5,10,12,17H,6-9H2,1H3. The molecule has 1 fully saturated rings. The van der Waals surface area contributed by atoms with Crippen LogP contribution in [0.25, 0.3) is 0 Å². The van der Waals surface area contributed by atoms with Gasteiger partial charge in [-0.25, -0.2) is 0 Å². The number of hydrogen-bond donors (Lipinski definition) is 1. The fourth-order valence-corrected chi connectivity index (χ4v) is 2.95. The quantitative estimate of drug-likeness (QED) is 0.855. The average molecular weight is 268 g/mol. The molecule has 1 heterocycles. The molecule has 1 saturated heterocycles. The maximum atomic E-state index is 12.2. The second-order valence-corrected chi connectivity index (χ2v) is 5.19. The molecule has 4 heteroatoms. The van der Waals surface area contributed by atoms with Crippen LogP contribution in [-0.2, 0) is 11.2 Å². The lowest BCUT2D eigenvalue weighted by molar-refractivity contribution is -0.131. The molecule has 0 bridgehead atoms. The van der Waals surface area contributed by atoms with Gasteiger partial charge in [-0.15, -0.1) is 11.6 Å². The van der Waals surface area contributed by atoms with Crippen LogP contribution < -0.4 is 0 Å². The van der Waals surface area contributed by atoms with Crippen molar-refractivity contribution in [3.8, 4) is 5.75 Å². The highest BCUT2D eigenvalue weighted by atomic mass is 35.5. The molecule has 1 N–H and O–H groups in total. The van der Waals surface area contributed by atoms with Crippen molar-refractivity contribution in [1.82, 2.24) is 4.90 Å². The Morgan fingerprint density at radius 2 is 2.22 bits per heavy atom. The van der Waals surface area contributed by atoms with Crippen LogP contribution in [-0.4, -0.2) is 34.4 Å². The molecule has 2 rings (SSSR count). The summed E-state index contributed by atoms with van der Waals surface area (Å²) >= 11 is 5.93. The summed E-state index contributed by atoms with van der Waals surface area (Å²) in [6, 6.07) is 7.10. The molecule has 1 aromatic carbocycles. The summed E-state index contributed by atoms with van der Waals surface area (Å²) in [5, 5.41) is 9.68. The number of amides is 1. The van der Waals surface area contributed by atoms with Crippen LogP contribution in [0.5, 0.6) is 5.75 Å². The van der Waals surface area contributed by atoms with E-state index in [1.807, 2.05) is 11.0 Å². The monoisotopic (exact) mass is 267 g/mol. The minimum atomic E-state index is 0.0477. The molecule has 98 valence electrons. The zero-order valence-electron chi connectivity index (χ0n) is 10.5. The number of para-hydroxylation sites is 1. The molecule has 1 aromatic rings. The van der Waals surface area contributed by atoms with Gasteiger partial charge in [0.25, 0.3) is 0 Å². The third kappa shape index (κ3) is 2.61. The van der Waals surface area contributed by atoms with Crippen molar-refractivity contribution in [2.75, 3.05) is 12.4 Å². The van der Waals surface area contributed by atoms with Crippen molar-refractivity contribution < 1.29 is 9.90 Å². The molecule has 0 aliphatic carbocycles. The van der Waals surface area contributed by atoms with Crippen LogP contribution in [0, 0.1) is 5.92 Å². The van der Waals surface area contributed by atoms with E-state index >= 15 is 0 Å². The minimum Gasteiger partial charge on any atom is -0.508 e. The van der Waals surface area contributed by atoms with Gasteiger partial charge in [0, 0.05) is 24.0 Å². The number of halogens is 1. The van der Waals surface area contributed by atoms with Gasteiger partial charge in [-0.2, -0.15) is 0 Å². The lowest BCUT2D eigenvalue weighted by Crippen LogP contribution is -2.39. The van der Waals surface area contributed by atoms with E-state index in [9.17, 15) is 9.90 Å². The maximum Gasteiger partial charge on any atom is 0.227 e. The Morgan fingerprint density at radius 3 is 2.89 bits per heavy atom. The molecule has 2 unspecified atom stereocenters. The summed E-state index contributed by atoms with van der Waals surface area (Å²) in [5.41, 5.74) is 0.676. The Morgan fingerprint density at radius 1 is 1.50 bits per heavy atom. The number of nitrogens with zero attached hydrogens (tertiary/aromatic N) is 1. The van der Waals surface area contributed by atoms with Gasteiger partial charge in [0.05, 0.1) is 6.42 Å². The molecule has 0 saturated carbocycles. The first-order valence-electron chi connectivity index (χ1n) is 6.25. The van der Waals surface area contributed by atoms with E-state index in [1.54, 1.807) is 18.2 Å². The number of carbonyl (C=O) groups excluding carboxylic acids is 1. The van der Waals surface area contributed by atoms with Crippen LogP contribution in [0.15, 0.2) is 24.3 Å². The molecule has 1 amide bonds. The van der Waals surface area contributed by atoms with Crippen molar-refractivity contribution in [3.05, 3.63) is 29.8 Å². The van der Waals surface area contributed by atoms with Crippen molar-refractivity contribution >= 4 is 17.5 Å². The van der Waals surface area contributed by atoms with Crippen LogP contribution in [0.4, 0.5) is 0 Å². The van der Waals surface area contributed by atoms with Gasteiger partial charge >= 0.3 is 0 Å². The Kier molecular flexibility index (Phi) is 4.12. The van der Waals surface area contributed by atoms with Gasteiger partial charge in [-0.1, -0.05) is 25.1 Å². The molecule has 0 spiro atoms. The van der Waals surface area contributed by atoms with Crippen molar-refractivity contribution in [1.29, 1.82) is 0 Å². The van der Waals surface area contributed by atoms with Crippen molar-refractivity contribution in [2.24, 2.45) is 5.92 Å². The molecule has 1 aliphatic heterocycles. The smallest absolute Gasteiger partial charge is 0.227 e. The summed E-state index contributed by atoms with van der Waals surface area (Å²) < 4.78 is 0. The first-order valence-corrected chi connectivity index (χ1v) is 6.79. The number of phenols is 1. The summed E-state index contributed by atoms with van der Waals surface area (Å²) in [7, 11) is 0. The number of alkyl halides is 1.